The third kappa shape index (κ3) is 3.96. The smallest absolute Gasteiger partial charge is 0.349 e. The minimum absolute atomic E-state index is 0.189. The topological polar surface area (TPSA) is 68.5 Å². The summed E-state index contributed by atoms with van der Waals surface area (Å²) in [7, 11) is 1.41. The van der Waals surface area contributed by atoms with Gasteiger partial charge in [-0.05, 0) is 36.4 Å². The predicted molar refractivity (Wildman–Crippen MR) is 75.2 cm³/mol. The van der Waals surface area contributed by atoms with Gasteiger partial charge in [-0.15, -0.1) is 0 Å². The first-order valence-electron chi connectivity index (χ1n) is 6.29. The van der Waals surface area contributed by atoms with Crippen molar-refractivity contribution in [2.75, 3.05) is 13.7 Å². The SMILES string of the molecule is COc1cc(C#N)ccc1OC(=O)COc1ccc(F)cc1. The van der Waals surface area contributed by atoms with E-state index in [1.807, 2.05) is 6.07 Å². The third-order valence-corrected chi connectivity index (χ3v) is 2.69. The van der Waals surface area contributed by atoms with Crippen molar-refractivity contribution >= 4 is 5.97 Å². The molecule has 0 saturated carbocycles. The summed E-state index contributed by atoms with van der Waals surface area (Å²) in [5.41, 5.74) is 0.388. The highest BCUT2D eigenvalue weighted by Gasteiger charge is 2.11. The number of carbonyl (C=O) groups is 1. The Labute approximate surface area is 126 Å². The quantitative estimate of drug-likeness (QED) is 0.627. The van der Waals surface area contributed by atoms with E-state index >= 15 is 0 Å². The zero-order valence-electron chi connectivity index (χ0n) is 11.7. The zero-order valence-corrected chi connectivity index (χ0v) is 11.7. The van der Waals surface area contributed by atoms with Crippen molar-refractivity contribution in [3.8, 4) is 23.3 Å². The fraction of sp³-hybridized carbons (Fsp3) is 0.125. The van der Waals surface area contributed by atoms with E-state index in [0.717, 1.165) is 0 Å². The van der Waals surface area contributed by atoms with Gasteiger partial charge in [-0.1, -0.05) is 0 Å². The van der Waals surface area contributed by atoms with Gasteiger partial charge >= 0.3 is 5.97 Å². The number of esters is 1. The van der Waals surface area contributed by atoms with E-state index in [9.17, 15) is 9.18 Å². The Morgan fingerprint density at radius 2 is 1.91 bits per heavy atom. The van der Waals surface area contributed by atoms with Crippen LogP contribution in [-0.4, -0.2) is 19.7 Å². The van der Waals surface area contributed by atoms with Crippen LogP contribution >= 0.6 is 0 Å². The molecule has 5 nitrogen and oxygen atoms in total. The Bertz CT molecular complexity index is 707. The molecular weight excluding hydrogens is 289 g/mol. The molecule has 0 N–H and O–H groups in total. The van der Waals surface area contributed by atoms with Gasteiger partial charge in [-0.25, -0.2) is 9.18 Å². The van der Waals surface area contributed by atoms with Crippen molar-refractivity contribution in [1.29, 1.82) is 5.26 Å². The predicted octanol–water partition coefficient (Wildman–Crippen LogP) is 2.69. The largest absolute Gasteiger partial charge is 0.493 e. The number of halogens is 1. The van der Waals surface area contributed by atoms with Crippen LogP contribution in [0.25, 0.3) is 0 Å². The van der Waals surface area contributed by atoms with E-state index in [2.05, 4.69) is 0 Å². The maximum atomic E-state index is 12.7. The van der Waals surface area contributed by atoms with Crippen LogP contribution in [0.4, 0.5) is 4.39 Å². The van der Waals surface area contributed by atoms with E-state index in [0.29, 0.717) is 11.3 Å². The Balaban J connectivity index is 1.97. The molecular formula is C16H12FNO4. The Morgan fingerprint density at radius 3 is 2.55 bits per heavy atom. The van der Waals surface area contributed by atoms with Gasteiger partial charge in [0.2, 0.25) is 0 Å². The molecule has 0 aliphatic carbocycles. The number of rotatable bonds is 5. The van der Waals surface area contributed by atoms with Crippen molar-refractivity contribution in [2.45, 2.75) is 0 Å². The Morgan fingerprint density at radius 1 is 1.18 bits per heavy atom. The molecule has 0 amide bonds. The fourth-order valence-corrected chi connectivity index (χ4v) is 1.65. The molecule has 0 aliphatic heterocycles. The average Bonchev–Trinajstić information content (AvgIpc) is 2.54. The van der Waals surface area contributed by atoms with E-state index in [-0.39, 0.29) is 18.1 Å². The van der Waals surface area contributed by atoms with Gasteiger partial charge in [0.25, 0.3) is 0 Å². The Hall–Kier alpha value is -3.07. The third-order valence-electron chi connectivity index (χ3n) is 2.69. The number of benzene rings is 2. The molecule has 112 valence electrons. The number of methoxy groups -OCH3 is 1. The first-order chi connectivity index (χ1) is 10.6. The van der Waals surface area contributed by atoms with Gasteiger partial charge in [0, 0.05) is 6.07 Å². The summed E-state index contributed by atoms with van der Waals surface area (Å²) in [4.78, 5) is 11.7. The number of nitrogens with zero attached hydrogens (tertiary/aromatic N) is 1. The molecule has 0 unspecified atom stereocenters. The van der Waals surface area contributed by atoms with Crippen molar-refractivity contribution in [3.05, 3.63) is 53.8 Å². The second-order valence-corrected chi connectivity index (χ2v) is 4.19. The molecule has 2 aromatic rings. The number of nitriles is 1. The van der Waals surface area contributed by atoms with E-state index < -0.39 is 11.8 Å². The summed E-state index contributed by atoms with van der Waals surface area (Å²) in [5, 5.41) is 8.80. The first-order valence-corrected chi connectivity index (χ1v) is 6.29. The normalized spacial score (nSPS) is 9.68. The van der Waals surface area contributed by atoms with Crippen molar-refractivity contribution in [1.82, 2.24) is 0 Å². The highest BCUT2D eigenvalue weighted by Crippen LogP contribution is 2.28. The molecule has 2 aromatic carbocycles. The standard InChI is InChI=1S/C16H12FNO4/c1-20-15-8-11(9-18)2-7-14(15)22-16(19)10-21-13-5-3-12(17)4-6-13/h2-8H,10H2,1H3. The maximum absolute atomic E-state index is 12.7. The fourth-order valence-electron chi connectivity index (χ4n) is 1.65. The highest BCUT2D eigenvalue weighted by atomic mass is 19.1. The number of ether oxygens (including phenoxy) is 3. The number of hydrogen-bond donors (Lipinski definition) is 0. The molecule has 0 fully saturated rings. The molecule has 6 heteroatoms. The molecule has 22 heavy (non-hydrogen) atoms. The molecule has 0 radical (unpaired) electrons. The van der Waals surface area contributed by atoms with E-state index in [4.69, 9.17) is 19.5 Å². The lowest BCUT2D eigenvalue weighted by Gasteiger charge is -2.10. The van der Waals surface area contributed by atoms with Crippen molar-refractivity contribution in [3.63, 3.8) is 0 Å². The molecule has 0 bridgehead atoms. The minimum Gasteiger partial charge on any atom is -0.493 e. The number of hydrogen-bond acceptors (Lipinski definition) is 5. The van der Waals surface area contributed by atoms with E-state index in [1.165, 1.54) is 49.6 Å². The summed E-state index contributed by atoms with van der Waals surface area (Å²) in [6.45, 7) is -0.339. The van der Waals surface area contributed by atoms with E-state index in [1.54, 1.807) is 0 Å². The molecule has 0 spiro atoms. The van der Waals surface area contributed by atoms with Gasteiger partial charge in [0.15, 0.2) is 18.1 Å². The van der Waals surface area contributed by atoms with Crippen LogP contribution in [0.3, 0.4) is 0 Å². The monoisotopic (exact) mass is 301 g/mol. The number of carbonyl (C=O) groups excluding carboxylic acids is 1. The van der Waals surface area contributed by atoms with Crippen molar-refractivity contribution < 1.29 is 23.4 Å². The van der Waals surface area contributed by atoms with Gasteiger partial charge in [-0.3, -0.25) is 0 Å². The van der Waals surface area contributed by atoms with Crippen LogP contribution in [0.5, 0.6) is 17.2 Å². The molecule has 0 saturated heterocycles. The lowest BCUT2D eigenvalue weighted by atomic mass is 10.2. The van der Waals surface area contributed by atoms with Gasteiger partial charge in [0.05, 0.1) is 18.7 Å². The summed E-state index contributed by atoms with van der Waals surface area (Å²) in [6.07, 6.45) is 0. The van der Waals surface area contributed by atoms with Crippen LogP contribution < -0.4 is 14.2 Å². The molecule has 0 atom stereocenters. The van der Waals surface area contributed by atoms with Crippen LogP contribution in [0.1, 0.15) is 5.56 Å². The molecule has 0 aliphatic rings. The lowest BCUT2D eigenvalue weighted by Crippen LogP contribution is -2.18. The summed E-state index contributed by atoms with van der Waals surface area (Å²) < 4.78 is 28.1. The highest BCUT2D eigenvalue weighted by molar-refractivity contribution is 5.75. The first kappa shape index (κ1) is 15.3. The van der Waals surface area contributed by atoms with Crippen LogP contribution in [0, 0.1) is 17.1 Å². The second-order valence-electron chi connectivity index (χ2n) is 4.19. The second kappa shape index (κ2) is 7.09. The van der Waals surface area contributed by atoms with Crippen molar-refractivity contribution in [2.24, 2.45) is 0 Å². The molecule has 0 aromatic heterocycles. The van der Waals surface area contributed by atoms with Gasteiger partial charge in [0.1, 0.15) is 11.6 Å². The zero-order chi connectivity index (χ0) is 15.9. The summed E-state index contributed by atoms with van der Waals surface area (Å²) >= 11 is 0. The lowest BCUT2D eigenvalue weighted by molar-refractivity contribution is -0.136. The van der Waals surface area contributed by atoms with Crippen LogP contribution in [0.15, 0.2) is 42.5 Å². The Kier molecular flexibility index (Phi) is 4.94. The van der Waals surface area contributed by atoms with Gasteiger partial charge < -0.3 is 14.2 Å². The van der Waals surface area contributed by atoms with Crippen LogP contribution in [0.2, 0.25) is 0 Å². The maximum Gasteiger partial charge on any atom is 0.349 e. The average molecular weight is 301 g/mol. The summed E-state index contributed by atoms with van der Waals surface area (Å²) in [5.74, 6) is -0.224. The minimum atomic E-state index is -0.646. The summed E-state index contributed by atoms with van der Waals surface area (Å²) in [6, 6.07) is 11.7. The molecule has 2 rings (SSSR count). The van der Waals surface area contributed by atoms with Gasteiger partial charge in [-0.2, -0.15) is 5.26 Å². The van der Waals surface area contributed by atoms with Crippen LogP contribution in [-0.2, 0) is 4.79 Å². The molecule has 0 heterocycles.